The molecule has 7 nitrogen and oxygen atoms in total. The van der Waals surface area contributed by atoms with Crippen molar-refractivity contribution >= 4 is 46.6 Å². The van der Waals surface area contributed by atoms with Crippen molar-refractivity contribution in [3.05, 3.63) is 63.1 Å². The van der Waals surface area contributed by atoms with Crippen LogP contribution in [0.25, 0.3) is 5.76 Å². The molecule has 1 aliphatic rings. The van der Waals surface area contributed by atoms with Crippen molar-refractivity contribution in [2.75, 3.05) is 13.7 Å². The molecule has 9 heteroatoms. The number of aliphatic hydroxyl groups excluding tert-OH is 1. The average molecular weight is 478 g/mol. The Morgan fingerprint density at radius 3 is 2.22 bits per heavy atom. The Kier molecular flexibility index (Phi) is 7.11. The normalized spacial score (nSPS) is 17.5. The molecule has 1 N–H and O–H groups in total. The average Bonchev–Trinajstić information content (AvgIpc) is 2.98. The molecule has 0 radical (unpaired) electrons. The Bertz CT molecular complexity index is 1090. The summed E-state index contributed by atoms with van der Waals surface area (Å²) in [6.45, 7) is 3.47. The molecule has 0 aromatic heterocycles. The molecule has 2 aromatic carbocycles. The molecule has 0 saturated carbocycles. The first-order valence-electron chi connectivity index (χ1n) is 9.79. The molecule has 1 heterocycles. The number of halogens is 2. The zero-order valence-corrected chi connectivity index (χ0v) is 19.2. The first kappa shape index (κ1) is 23.6. The van der Waals surface area contributed by atoms with Gasteiger partial charge in [-0.25, -0.2) is 0 Å². The van der Waals surface area contributed by atoms with Gasteiger partial charge in [0.25, 0.3) is 11.7 Å². The summed E-state index contributed by atoms with van der Waals surface area (Å²) in [6.07, 6.45) is 0.606. The summed E-state index contributed by atoms with van der Waals surface area (Å²) in [6, 6.07) is 8.39. The zero-order valence-electron chi connectivity index (χ0n) is 17.6. The second kappa shape index (κ2) is 9.63. The van der Waals surface area contributed by atoms with Gasteiger partial charge in [0.1, 0.15) is 11.5 Å². The van der Waals surface area contributed by atoms with Crippen molar-refractivity contribution < 1.29 is 29.0 Å². The van der Waals surface area contributed by atoms with Crippen LogP contribution < -0.4 is 9.47 Å². The Morgan fingerprint density at radius 2 is 1.72 bits per heavy atom. The highest BCUT2D eigenvalue weighted by Crippen LogP contribution is 2.42. The molecule has 0 aliphatic carbocycles. The van der Waals surface area contributed by atoms with Gasteiger partial charge in [0.05, 0.1) is 28.8 Å². The largest absolute Gasteiger partial charge is 0.507 e. The number of Topliss-reactive ketones (excluding diaryl/α,β-unsaturated/α-hetero) is 1. The lowest BCUT2D eigenvalue weighted by molar-refractivity contribution is -0.139. The first-order chi connectivity index (χ1) is 15.2. The molecule has 1 aliphatic heterocycles. The van der Waals surface area contributed by atoms with Crippen LogP contribution in [-0.4, -0.2) is 41.3 Å². The van der Waals surface area contributed by atoms with E-state index in [2.05, 4.69) is 0 Å². The number of methoxy groups -OCH3 is 1. The molecular formula is C23H21Cl2NO6. The Balaban J connectivity index is 2.16. The van der Waals surface area contributed by atoms with Gasteiger partial charge >= 0.3 is 5.97 Å². The molecule has 1 fully saturated rings. The smallest absolute Gasteiger partial charge is 0.308 e. The maximum atomic E-state index is 12.9. The van der Waals surface area contributed by atoms with Crippen LogP contribution in [-0.2, 0) is 14.4 Å². The number of hydrogen-bond donors (Lipinski definition) is 1. The summed E-state index contributed by atoms with van der Waals surface area (Å²) in [5.41, 5.74) is 0.665. The van der Waals surface area contributed by atoms with Gasteiger partial charge in [0.15, 0.2) is 5.75 Å². The minimum absolute atomic E-state index is 0.0824. The van der Waals surface area contributed by atoms with E-state index in [0.29, 0.717) is 24.3 Å². The molecule has 1 amide bonds. The topological polar surface area (TPSA) is 93.1 Å². The quantitative estimate of drug-likeness (QED) is 0.212. The van der Waals surface area contributed by atoms with Crippen LogP contribution in [0, 0.1) is 0 Å². The minimum Gasteiger partial charge on any atom is -0.507 e. The summed E-state index contributed by atoms with van der Waals surface area (Å²) in [5.74, 6) is -1.84. The van der Waals surface area contributed by atoms with Crippen molar-refractivity contribution in [2.24, 2.45) is 0 Å². The highest BCUT2D eigenvalue weighted by atomic mass is 35.5. The number of aliphatic hydroxyl groups is 1. The summed E-state index contributed by atoms with van der Waals surface area (Å²) < 4.78 is 10.2. The maximum Gasteiger partial charge on any atom is 0.308 e. The molecule has 3 rings (SSSR count). The van der Waals surface area contributed by atoms with E-state index in [1.54, 1.807) is 24.3 Å². The van der Waals surface area contributed by atoms with E-state index in [0.717, 1.165) is 0 Å². The van der Waals surface area contributed by atoms with Crippen molar-refractivity contribution in [3.63, 3.8) is 0 Å². The van der Waals surface area contributed by atoms with Crippen LogP contribution in [0.3, 0.4) is 0 Å². The highest BCUT2D eigenvalue weighted by Gasteiger charge is 2.45. The number of ketones is 1. The standard InChI is InChI=1S/C23H21Cl2NO6/c1-4-9-26-19(13-5-7-15(8-6-13)32-12(2)27)18(21(29)23(26)30)20(28)14-10-16(24)22(31-3)17(25)11-14/h5-8,10-11,19,28H,4,9H2,1-3H3/b20-18+. The fraction of sp³-hybridized carbons (Fsp3) is 0.261. The lowest BCUT2D eigenvalue weighted by atomic mass is 9.95. The molecular weight excluding hydrogens is 457 g/mol. The predicted octanol–water partition coefficient (Wildman–Crippen LogP) is 4.76. The van der Waals surface area contributed by atoms with Crippen molar-refractivity contribution in [2.45, 2.75) is 26.3 Å². The molecule has 0 bridgehead atoms. The number of likely N-dealkylation sites (tertiary alicyclic amines) is 1. The van der Waals surface area contributed by atoms with Gasteiger partial charge in [-0.1, -0.05) is 42.3 Å². The van der Waals surface area contributed by atoms with Crippen LogP contribution in [0.2, 0.25) is 10.0 Å². The van der Waals surface area contributed by atoms with Gasteiger partial charge in [-0.3, -0.25) is 14.4 Å². The van der Waals surface area contributed by atoms with Gasteiger partial charge in [0.2, 0.25) is 0 Å². The van der Waals surface area contributed by atoms with E-state index < -0.39 is 29.5 Å². The Hall–Kier alpha value is -3.03. The molecule has 1 unspecified atom stereocenters. The van der Waals surface area contributed by atoms with Gasteiger partial charge < -0.3 is 19.5 Å². The fourth-order valence-electron chi connectivity index (χ4n) is 3.63. The van der Waals surface area contributed by atoms with E-state index in [1.165, 1.54) is 31.1 Å². The highest BCUT2D eigenvalue weighted by molar-refractivity contribution is 6.46. The van der Waals surface area contributed by atoms with Gasteiger partial charge in [-0.15, -0.1) is 0 Å². The van der Waals surface area contributed by atoms with Crippen LogP contribution in [0.15, 0.2) is 42.0 Å². The Morgan fingerprint density at radius 1 is 1.12 bits per heavy atom. The van der Waals surface area contributed by atoms with E-state index in [9.17, 15) is 19.5 Å². The molecule has 0 spiro atoms. The number of esters is 1. The van der Waals surface area contributed by atoms with Gasteiger partial charge in [-0.05, 0) is 36.2 Å². The minimum atomic E-state index is -0.832. The number of benzene rings is 2. The molecule has 1 atom stereocenters. The van der Waals surface area contributed by atoms with E-state index >= 15 is 0 Å². The number of amides is 1. The third-order valence-corrected chi connectivity index (χ3v) is 5.50. The van der Waals surface area contributed by atoms with Gasteiger partial charge in [-0.2, -0.15) is 0 Å². The van der Waals surface area contributed by atoms with E-state index in [1.807, 2.05) is 6.92 Å². The Labute approximate surface area is 195 Å². The lowest BCUT2D eigenvalue weighted by Crippen LogP contribution is -2.30. The SMILES string of the molecule is CCCN1C(=O)C(=O)/C(=C(/O)c2cc(Cl)c(OC)c(Cl)c2)C1c1ccc(OC(C)=O)cc1. The number of rotatable bonds is 6. The third kappa shape index (κ3) is 4.45. The van der Waals surface area contributed by atoms with Crippen LogP contribution in [0.5, 0.6) is 11.5 Å². The number of ether oxygens (including phenoxy) is 2. The molecule has 32 heavy (non-hydrogen) atoms. The second-order valence-electron chi connectivity index (χ2n) is 7.13. The van der Waals surface area contributed by atoms with Crippen LogP contribution in [0.4, 0.5) is 0 Å². The predicted molar refractivity (Wildman–Crippen MR) is 120 cm³/mol. The van der Waals surface area contributed by atoms with E-state index in [4.69, 9.17) is 32.7 Å². The zero-order chi connectivity index (χ0) is 23.6. The fourth-order valence-corrected chi connectivity index (χ4v) is 4.27. The summed E-state index contributed by atoms with van der Waals surface area (Å²) >= 11 is 12.4. The van der Waals surface area contributed by atoms with Crippen LogP contribution in [0.1, 0.15) is 37.4 Å². The number of carbonyl (C=O) groups is 3. The number of nitrogens with zero attached hydrogens (tertiary/aromatic N) is 1. The lowest BCUT2D eigenvalue weighted by Gasteiger charge is -2.25. The molecule has 168 valence electrons. The van der Waals surface area contributed by atoms with Crippen LogP contribution >= 0.6 is 23.2 Å². The summed E-state index contributed by atoms with van der Waals surface area (Å²) in [4.78, 5) is 38.3. The van der Waals surface area contributed by atoms with Crippen molar-refractivity contribution in [3.8, 4) is 11.5 Å². The van der Waals surface area contributed by atoms with Crippen molar-refractivity contribution in [1.29, 1.82) is 0 Å². The summed E-state index contributed by atoms with van der Waals surface area (Å²) in [7, 11) is 1.41. The van der Waals surface area contributed by atoms with E-state index in [-0.39, 0.29) is 26.9 Å². The second-order valence-corrected chi connectivity index (χ2v) is 7.94. The van der Waals surface area contributed by atoms with Crippen molar-refractivity contribution in [1.82, 2.24) is 4.90 Å². The molecule has 1 saturated heterocycles. The maximum absolute atomic E-state index is 12.9. The first-order valence-corrected chi connectivity index (χ1v) is 10.5. The molecule has 2 aromatic rings. The third-order valence-electron chi connectivity index (χ3n) is 4.94. The summed E-state index contributed by atoms with van der Waals surface area (Å²) in [5, 5.41) is 11.4. The monoisotopic (exact) mass is 477 g/mol. The van der Waals surface area contributed by atoms with Gasteiger partial charge in [0, 0.05) is 19.0 Å². The number of carbonyl (C=O) groups excluding carboxylic acids is 3. The number of hydrogen-bond acceptors (Lipinski definition) is 6.